The van der Waals surface area contributed by atoms with Crippen LogP contribution < -0.4 is 10.1 Å². The number of nitro benzene ring substituents is 1. The molecular formula is C20H20ClN5O4. The Labute approximate surface area is 178 Å². The third-order valence-corrected chi connectivity index (χ3v) is 4.43. The van der Waals surface area contributed by atoms with E-state index in [1.165, 1.54) is 16.8 Å². The first kappa shape index (κ1) is 21.3. The van der Waals surface area contributed by atoms with Crippen LogP contribution in [0.3, 0.4) is 0 Å². The minimum atomic E-state index is -0.477. The number of non-ortho nitro benzene ring substituents is 1. The zero-order valence-corrected chi connectivity index (χ0v) is 17.2. The molecule has 0 saturated carbocycles. The number of nitrogens with one attached hydrogen (secondary N) is 1. The molecule has 1 aromatic heterocycles. The topological polar surface area (TPSA) is 103 Å². The molecular weight excluding hydrogens is 410 g/mol. The maximum Gasteiger partial charge on any atom is 0.276 e. The zero-order chi connectivity index (χ0) is 21.7. The lowest BCUT2D eigenvalue weighted by Gasteiger charge is -2.12. The molecule has 0 unspecified atom stereocenters. The number of anilines is 1. The highest BCUT2D eigenvalue weighted by molar-refractivity contribution is 6.32. The molecule has 3 rings (SSSR count). The maximum absolute atomic E-state index is 12.5. The van der Waals surface area contributed by atoms with Crippen LogP contribution in [0.2, 0.25) is 5.02 Å². The number of carbonyl (C=O) groups excluding carboxylic acids is 1. The van der Waals surface area contributed by atoms with Crippen molar-refractivity contribution in [2.75, 3.05) is 32.6 Å². The molecule has 0 spiro atoms. The van der Waals surface area contributed by atoms with Gasteiger partial charge in [-0.3, -0.25) is 14.9 Å². The van der Waals surface area contributed by atoms with Crippen LogP contribution in [0.1, 0.15) is 10.5 Å². The molecule has 30 heavy (non-hydrogen) atoms. The lowest BCUT2D eigenvalue weighted by Crippen LogP contribution is -2.19. The first-order valence-electron chi connectivity index (χ1n) is 9.02. The summed E-state index contributed by atoms with van der Waals surface area (Å²) < 4.78 is 7.09. The molecule has 0 radical (unpaired) electrons. The van der Waals surface area contributed by atoms with Crippen LogP contribution in [0.5, 0.6) is 5.75 Å². The molecule has 0 aliphatic carbocycles. The van der Waals surface area contributed by atoms with Crippen molar-refractivity contribution in [2.24, 2.45) is 0 Å². The average molecular weight is 430 g/mol. The van der Waals surface area contributed by atoms with Crippen molar-refractivity contribution in [1.82, 2.24) is 14.7 Å². The highest BCUT2D eigenvalue weighted by atomic mass is 35.5. The van der Waals surface area contributed by atoms with E-state index in [1.807, 2.05) is 19.0 Å². The van der Waals surface area contributed by atoms with Crippen LogP contribution in [-0.4, -0.2) is 52.8 Å². The highest BCUT2D eigenvalue weighted by Crippen LogP contribution is 2.28. The molecule has 0 fully saturated rings. The van der Waals surface area contributed by atoms with Gasteiger partial charge < -0.3 is 15.0 Å². The van der Waals surface area contributed by atoms with Crippen molar-refractivity contribution in [1.29, 1.82) is 0 Å². The number of hydrogen-bond donors (Lipinski definition) is 1. The minimum Gasteiger partial charge on any atom is -0.491 e. The van der Waals surface area contributed by atoms with Crippen molar-refractivity contribution in [2.45, 2.75) is 0 Å². The van der Waals surface area contributed by atoms with E-state index in [4.69, 9.17) is 16.3 Å². The van der Waals surface area contributed by atoms with E-state index in [2.05, 4.69) is 10.4 Å². The van der Waals surface area contributed by atoms with E-state index >= 15 is 0 Å². The van der Waals surface area contributed by atoms with Gasteiger partial charge in [-0.25, -0.2) is 4.68 Å². The Bertz CT molecular complexity index is 1050. The van der Waals surface area contributed by atoms with Crippen LogP contribution in [0.25, 0.3) is 5.69 Å². The van der Waals surface area contributed by atoms with E-state index in [0.29, 0.717) is 28.8 Å². The summed E-state index contributed by atoms with van der Waals surface area (Å²) in [4.78, 5) is 24.8. The van der Waals surface area contributed by atoms with Gasteiger partial charge in [0.15, 0.2) is 5.69 Å². The number of hydrogen-bond acceptors (Lipinski definition) is 6. The Hall–Kier alpha value is -3.43. The van der Waals surface area contributed by atoms with Gasteiger partial charge >= 0.3 is 0 Å². The molecule has 1 N–H and O–H groups in total. The number of halogens is 1. The van der Waals surface area contributed by atoms with Gasteiger partial charge in [0.25, 0.3) is 11.6 Å². The quantitative estimate of drug-likeness (QED) is 0.433. The fourth-order valence-electron chi connectivity index (χ4n) is 2.54. The fraction of sp³-hybridized carbons (Fsp3) is 0.200. The normalized spacial score (nSPS) is 10.8. The Morgan fingerprint density at radius 1 is 1.23 bits per heavy atom. The number of rotatable bonds is 8. The van der Waals surface area contributed by atoms with E-state index in [-0.39, 0.29) is 11.4 Å². The van der Waals surface area contributed by atoms with Gasteiger partial charge in [-0.1, -0.05) is 11.6 Å². The van der Waals surface area contributed by atoms with Crippen LogP contribution in [-0.2, 0) is 0 Å². The van der Waals surface area contributed by atoms with Gasteiger partial charge in [0, 0.05) is 30.6 Å². The summed E-state index contributed by atoms with van der Waals surface area (Å²) in [5, 5.41) is 18.1. The monoisotopic (exact) mass is 429 g/mol. The van der Waals surface area contributed by atoms with Gasteiger partial charge in [0.1, 0.15) is 12.4 Å². The maximum atomic E-state index is 12.5. The largest absolute Gasteiger partial charge is 0.491 e. The summed E-state index contributed by atoms with van der Waals surface area (Å²) in [5.41, 5.74) is 1.28. The summed E-state index contributed by atoms with van der Waals surface area (Å²) in [6, 6.07) is 12.4. The predicted octanol–water partition coefficient (Wildman–Crippen LogP) is 3.63. The molecule has 0 saturated heterocycles. The standard InChI is InChI=1S/C20H20ClN5O4/c1-24(2)11-12-30-19-8-3-14(13-17(19)21)22-20(27)18-9-10-25(23-18)15-4-6-16(7-5-15)26(28)29/h3-10,13H,11-12H2,1-2H3,(H,22,27). The molecule has 0 bridgehead atoms. The fourth-order valence-corrected chi connectivity index (χ4v) is 2.78. The molecule has 3 aromatic rings. The van der Waals surface area contributed by atoms with Crippen molar-refractivity contribution < 1.29 is 14.5 Å². The van der Waals surface area contributed by atoms with Crippen LogP contribution in [0.4, 0.5) is 11.4 Å². The van der Waals surface area contributed by atoms with Gasteiger partial charge in [-0.2, -0.15) is 5.10 Å². The first-order valence-corrected chi connectivity index (χ1v) is 9.40. The predicted molar refractivity (Wildman–Crippen MR) is 114 cm³/mol. The smallest absolute Gasteiger partial charge is 0.276 e. The summed E-state index contributed by atoms with van der Waals surface area (Å²) >= 11 is 6.24. The molecule has 0 atom stereocenters. The van der Waals surface area contributed by atoms with Crippen molar-refractivity contribution in [3.63, 3.8) is 0 Å². The third kappa shape index (κ3) is 5.34. The third-order valence-electron chi connectivity index (χ3n) is 4.13. The van der Waals surface area contributed by atoms with Crippen LogP contribution in [0.15, 0.2) is 54.7 Å². The summed E-state index contributed by atoms with van der Waals surface area (Å²) in [6.45, 7) is 1.25. The van der Waals surface area contributed by atoms with Crippen molar-refractivity contribution in [3.8, 4) is 11.4 Å². The van der Waals surface area contributed by atoms with Gasteiger partial charge in [-0.15, -0.1) is 0 Å². The average Bonchev–Trinajstić information content (AvgIpc) is 3.20. The van der Waals surface area contributed by atoms with E-state index in [0.717, 1.165) is 6.54 Å². The van der Waals surface area contributed by atoms with E-state index < -0.39 is 10.8 Å². The Kier molecular flexibility index (Phi) is 6.65. The molecule has 9 nitrogen and oxygen atoms in total. The number of aromatic nitrogens is 2. The molecule has 0 aliphatic rings. The van der Waals surface area contributed by atoms with Crippen LogP contribution >= 0.6 is 11.6 Å². The molecule has 0 aliphatic heterocycles. The van der Waals surface area contributed by atoms with Gasteiger partial charge in [0.05, 0.1) is 15.6 Å². The van der Waals surface area contributed by atoms with E-state index in [9.17, 15) is 14.9 Å². The minimum absolute atomic E-state index is 0.0186. The van der Waals surface area contributed by atoms with E-state index in [1.54, 1.807) is 42.6 Å². The van der Waals surface area contributed by atoms with Crippen molar-refractivity contribution >= 4 is 28.9 Å². The lowest BCUT2D eigenvalue weighted by atomic mass is 10.3. The number of likely N-dealkylation sites (N-methyl/N-ethyl adjacent to an activating group) is 1. The van der Waals surface area contributed by atoms with Crippen LogP contribution in [0, 0.1) is 10.1 Å². The zero-order valence-electron chi connectivity index (χ0n) is 16.4. The second kappa shape index (κ2) is 9.38. The Morgan fingerprint density at radius 2 is 1.97 bits per heavy atom. The summed E-state index contributed by atoms with van der Waals surface area (Å²) in [6.07, 6.45) is 1.60. The summed E-state index contributed by atoms with van der Waals surface area (Å²) in [5.74, 6) is 0.131. The molecule has 1 heterocycles. The molecule has 2 aromatic carbocycles. The lowest BCUT2D eigenvalue weighted by molar-refractivity contribution is -0.384. The number of nitro groups is 1. The second-order valence-electron chi connectivity index (χ2n) is 6.67. The highest BCUT2D eigenvalue weighted by Gasteiger charge is 2.13. The Morgan fingerprint density at radius 3 is 2.60 bits per heavy atom. The SMILES string of the molecule is CN(C)CCOc1ccc(NC(=O)c2ccn(-c3ccc([N+](=O)[O-])cc3)n2)cc1Cl. The number of nitrogens with zero attached hydrogens (tertiary/aromatic N) is 4. The molecule has 156 valence electrons. The van der Waals surface area contributed by atoms with Gasteiger partial charge in [-0.05, 0) is 50.5 Å². The van der Waals surface area contributed by atoms with Gasteiger partial charge in [0.2, 0.25) is 0 Å². The number of carbonyl (C=O) groups is 1. The number of ether oxygens (including phenoxy) is 1. The molecule has 10 heteroatoms. The van der Waals surface area contributed by atoms with Crippen molar-refractivity contribution in [3.05, 3.63) is 75.6 Å². The number of benzene rings is 2. The first-order chi connectivity index (χ1) is 14.3. The Balaban J connectivity index is 1.65. The second-order valence-corrected chi connectivity index (χ2v) is 7.08. The molecule has 1 amide bonds. The summed E-state index contributed by atoms with van der Waals surface area (Å²) in [7, 11) is 3.90. The number of amides is 1.